The molecular weight excluding hydrogens is 436 g/mol. The number of hydrogen-bond acceptors (Lipinski definition) is 4. The van der Waals surface area contributed by atoms with Gasteiger partial charge in [0.1, 0.15) is 23.9 Å². The lowest BCUT2D eigenvalue weighted by atomic mass is 9.79. The highest BCUT2D eigenvalue weighted by atomic mass is 16.5. The van der Waals surface area contributed by atoms with E-state index in [1.807, 2.05) is 12.1 Å². The molecule has 0 bridgehead atoms. The van der Waals surface area contributed by atoms with Crippen molar-refractivity contribution >= 4 is 5.97 Å². The maximum atomic E-state index is 12.4. The molecule has 4 nitrogen and oxygen atoms in total. The molecule has 0 aromatic heterocycles. The quantitative estimate of drug-likeness (QED) is 0.118. The second kappa shape index (κ2) is 15.3. The predicted octanol–water partition coefficient (Wildman–Crippen LogP) is 8.41. The number of rotatable bonds is 14. The molecule has 0 spiro atoms. The molecule has 0 atom stereocenters. The molecule has 0 saturated heterocycles. The summed E-state index contributed by atoms with van der Waals surface area (Å²) >= 11 is 0. The molecule has 190 valence electrons. The van der Waals surface area contributed by atoms with Crippen LogP contribution in [0.4, 0.5) is 0 Å². The molecule has 35 heavy (non-hydrogen) atoms. The zero-order valence-corrected chi connectivity index (χ0v) is 21.5. The average molecular weight is 479 g/mol. The van der Waals surface area contributed by atoms with E-state index in [4.69, 9.17) is 14.2 Å². The molecule has 0 amide bonds. The van der Waals surface area contributed by atoms with Gasteiger partial charge >= 0.3 is 5.97 Å². The summed E-state index contributed by atoms with van der Waals surface area (Å²) in [6.07, 6.45) is 17.4. The molecule has 0 unspecified atom stereocenters. The van der Waals surface area contributed by atoms with Crippen LogP contribution in [0.5, 0.6) is 17.2 Å². The average Bonchev–Trinajstić information content (AvgIpc) is 2.89. The molecule has 1 saturated carbocycles. The van der Waals surface area contributed by atoms with E-state index in [1.54, 1.807) is 36.4 Å². The molecule has 0 heterocycles. The minimum Gasteiger partial charge on any atom is -0.494 e. The Kier molecular flexibility index (Phi) is 11.7. The first-order valence-corrected chi connectivity index (χ1v) is 13.5. The summed E-state index contributed by atoms with van der Waals surface area (Å²) in [4.78, 5) is 12.4. The van der Waals surface area contributed by atoms with E-state index >= 15 is 0 Å². The van der Waals surface area contributed by atoms with Crippen molar-refractivity contribution in [2.45, 2.75) is 78.1 Å². The van der Waals surface area contributed by atoms with Gasteiger partial charge in [-0.1, -0.05) is 58.1 Å². The Labute approximate surface area is 211 Å². The van der Waals surface area contributed by atoms with Crippen LogP contribution in [-0.4, -0.2) is 19.2 Å². The van der Waals surface area contributed by atoms with Crippen LogP contribution in [0.2, 0.25) is 0 Å². The first kappa shape index (κ1) is 26.8. The van der Waals surface area contributed by atoms with Crippen molar-refractivity contribution in [2.75, 3.05) is 13.2 Å². The van der Waals surface area contributed by atoms with Crippen molar-refractivity contribution in [1.82, 2.24) is 0 Å². The van der Waals surface area contributed by atoms with E-state index in [0.29, 0.717) is 30.4 Å². The molecule has 1 fully saturated rings. The Morgan fingerprint density at radius 2 is 1.43 bits per heavy atom. The molecule has 4 heteroatoms. The SMILES string of the molecule is CCCCCC1CCC(/C=C/COc2ccc(OC(=O)c3ccc(OCCCC)cc3)cc2)CC1. The van der Waals surface area contributed by atoms with Crippen LogP contribution < -0.4 is 14.2 Å². The lowest BCUT2D eigenvalue weighted by Crippen LogP contribution is -2.13. The molecule has 1 aliphatic rings. The number of unbranched alkanes of at least 4 members (excludes halogenated alkanes) is 3. The van der Waals surface area contributed by atoms with Gasteiger partial charge in [-0.15, -0.1) is 0 Å². The van der Waals surface area contributed by atoms with Gasteiger partial charge in [0, 0.05) is 0 Å². The molecule has 0 radical (unpaired) electrons. The van der Waals surface area contributed by atoms with Crippen LogP contribution in [0.15, 0.2) is 60.7 Å². The van der Waals surface area contributed by atoms with E-state index in [9.17, 15) is 4.79 Å². The second-order valence-corrected chi connectivity index (χ2v) is 9.60. The van der Waals surface area contributed by atoms with Gasteiger partial charge in [-0.05, 0) is 92.5 Å². The molecular formula is C31H42O4. The fraction of sp³-hybridized carbons (Fsp3) is 0.516. The largest absolute Gasteiger partial charge is 0.494 e. The van der Waals surface area contributed by atoms with Gasteiger partial charge < -0.3 is 14.2 Å². The molecule has 1 aliphatic carbocycles. The number of carbonyl (C=O) groups excluding carboxylic acids is 1. The zero-order valence-electron chi connectivity index (χ0n) is 21.5. The van der Waals surface area contributed by atoms with Crippen molar-refractivity contribution in [1.29, 1.82) is 0 Å². The van der Waals surface area contributed by atoms with Gasteiger partial charge in [-0.25, -0.2) is 4.79 Å². The molecule has 3 rings (SSSR count). The maximum absolute atomic E-state index is 12.4. The number of benzene rings is 2. The van der Waals surface area contributed by atoms with Crippen molar-refractivity contribution in [3.8, 4) is 17.2 Å². The third-order valence-corrected chi connectivity index (χ3v) is 6.75. The van der Waals surface area contributed by atoms with Crippen molar-refractivity contribution in [3.63, 3.8) is 0 Å². The lowest BCUT2D eigenvalue weighted by molar-refractivity contribution is 0.0734. The number of allylic oxidation sites excluding steroid dienone is 1. The smallest absolute Gasteiger partial charge is 0.343 e. The van der Waals surface area contributed by atoms with Crippen LogP contribution in [-0.2, 0) is 0 Å². The summed E-state index contributed by atoms with van der Waals surface area (Å²) in [6, 6.07) is 14.3. The Morgan fingerprint density at radius 3 is 2.11 bits per heavy atom. The zero-order chi connectivity index (χ0) is 24.7. The van der Waals surface area contributed by atoms with E-state index in [-0.39, 0.29) is 5.97 Å². The minimum atomic E-state index is -0.387. The number of hydrogen-bond donors (Lipinski definition) is 0. The van der Waals surface area contributed by atoms with Gasteiger partial charge in [0.25, 0.3) is 0 Å². The first-order chi connectivity index (χ1) is 17.2. The second-order valence-electron chi connectivity index (χ2n) is 9.60. The summed E-state index contributed by atoms with van der Waals surface area (Å²) in [6.45, 7) is 5.64. The van der Waals surface area contributed by atoms with Crippen LogP contribution in [0.25, 0.3) is 0 Å². The highest BCUT2D eigenvalue weighted by Gasteiger charge is 2.18. The molecule has 2 aromatic rings. The van der Waals surface area contributed by atoms with Crippen molar-refractivity contribution in [2.24, 2.45) is 11.8 Å². The Balaban J connectivity index is 1.35. The highest BCUT2D eigenvalue weighted by molar-refractivity contribution is 5.91. The third kappa shape index (κ3) is 9.79. The number of carbonyl (C=O) groups is 1. The van der Waals surface area contributed by atoms with Gasteiger partial charge in [-0.2, -0.15) is 0 Å². The van der Waals surface area contributed by atoms with Gasteiger partial charge in [-0.3, -0.25) is 0 Å². The molecule has 0 N–H and O–H groups in total. The predicted molar refractivity (Wildman–Crippen MR) is 142 cm³/mol. The summed E-state index contributed by atoms with van der Waals surface area (Å²) in [5.41, 5.74) is 0.494. The van der Waals surface area contributed by atoms with E-state index in [1.165, 1.54) is 51.4 Å². The topological polar surface area (TPSA) is 44.8 Å². The summed E-state index contributed by atoms with van der Waals surface area (Å²) in [7, 11) is 0. The van der Waals surface area contributed by atoms with E-state index in [2.05, 4.69) is 26.0 Å². The van der Waals surface area contributed by atoms with E-state index in [0.717, 1.165) is 30.3 Å². The molecule has 0 aliphatic heterocycles. The lowest BCUT2D eigenvalue weighted by Gasteiger charge is -2.26. The number of esters is 1. The Bertz CT molecular complexity index is 877. The summed E-state index contributed by atoms with van der Waals surface area (Å²) < 4.78 is 17.0. The van der Waals surface area contributed by atoms with E-state index < -0.39 is 0 Å². The van der Waals surface area contributed by atoms with Gasteiger partial charge in [0.2, 0.25) is 0 Å². The first-order valence-electron chi connectivity index (χ1n) is 13.5. The van der Waals surface area contributed by atoms with Crippen molar-refractivity contribution in [3.05, 3.63) is 66.2 Å². The fourth-order valence-electron chi connectivity index (χ4n) is 4.54. The van der Waals surface area contributed by atoms with Gasteiger partial charge in [0.05, 0.1) is 12.2 Å². The third-order valence-electron chi connectivity index (χ3n) is 6.75. The van der Waals surface area contributed by atoms with Crippen LogP contribution in [0.3, 0.4) is 0 Å². The van der Waals surface area contributed by atoms with Crippen molar-refractivity contribution < 1.29 is 19.0 Å². The monoisotopic (exact) mass is 478 g/mol. The minimum absolute atomic E-state index is 0.387. The summed E-state index contributed by atoms with van der Waals surface area (Å²) in [5.74, 6) is 3.28. The van der Waals surface area contributed by atoms with Crippen LogP contribution in [0.1, 0.15) is 88.4 Å². The number of ether oxygens (including phenoxy) is 3. The fourth-order valence-corrected chi connectivity index (χ4v) is 4.54. The summed E-state index contributed by atoms with van der Waals surface area (Å²) in [5, 5.41) is 0. The van der Waals surface area contributed by atoms with Gasteiger partial charge in [0.15, 0.2) is 0 Å². The van der Waals surface area contributed by atoms with Crippen LogP contribution in [0, 0.1) is 11.8 Å². The normalized spacial score (nSPS) is 17.9. The Hall–Kier alpha value is -2.75. The maximum Gasteiger partial charge on any atom is 0.343 e. The molecule has 2 aromatic carbocycles. The standard InChI is InChI=1S/C31H42O4/c1-3-5-7-9-25-11-13-26(14-12-25)10-8-24-34-29-19-21-30(22-20-29)35-31(32)27-15-17-28(18-16-27)33-23-6-4-2/h8,10,15-22,25-26H,3-7,9,11-14,23-24H2,1-2H3/b10-8+. The Morgan fingerprint density at radius 1 is 0.800 bits per heavy atom. The highest BCUT2D eigenvalue weighted by Crippen LogP contribution is 2.32. The van der Waals surface area contributed by atoms with Crippen LogP contribution >= 0.6 is 0 Å².